The van der Waals surface area contributed by atoms with Crippen molar-refractivity contribution in [3.8, 4) is 0 Å². The van der Waals surface area contributed by atoms with Crippen molar-refractivity contribution in [3.05, 3.63) is 35.0 Å². The third-order valence-electron chi connectivity index (χ3n) is 3.97. The minimum absolute atomic E-state index is 0.407. The van der Waals surface area contributed by atoms with E-state index < -0.39 is 0 Å². The summed E-state index contributed by atoms with van der Waals surface area (Å²) in [5.74, 6) is 0.911. The van der Waals surface area contributed by atoms with Gasteiger partial charge < -0.3 is 4.57 Å². The molecule has 2 nitrogen and oxygen atoms in total. The Morgan fingerprint density at radius 3 is 2.72 bits per heavy atom. The molecule has 1 aliphatic rings. The lowest BCUT2D eigenvalue weighted by Crippen LogP contribution is -2.12. The molecule has 0 aliphatic heterocycles. The molecule has 1 aromatic heterocycles. The first-order chi connectivity index (χ1) is 8.65. The minimum Gasteiger partial charge on any atom is -0.350 e. The molecule has 0 N–H and O–H groups in total. The summed E-state index contributed by atoms with van der Waals surface area (Å²) in [5, 5.41) is 2.02. The molecule has 94 valence electrons. The van der Waals surface area contributed by atoms with Gasteiger partial charge in [0.2, 0.25) is 0 Å². The van der Waals surface area contributed by atoms with Gasteiger partial charge in [0.05, 0.1) is 0 Å². The summed E-state index contributed by atoms with van der Waals surface area (Å²) in [6.45, 7) is 0. The zero-order valence-corrected chi connectivity index (χ0v) is 11.2. The highest BCUT2D eigenvalue weighted by Crippen LogP contribution is 2.37. The van der Waals surface area contributed by atoms with Crippen LogP contribution in [-0.2, 0) is 11.8 Å². The van der Waals surface area contributed by atoms with Crippen molar-refractivity contribution < 1.29 is 4.79 Å². The predicted octanol–water partition coefficient (Wildman–Crippen LogP) is 4.06. The van der Waals surface area contributed by atoms with Crippen molar-refractivity contribution in [3.63, 3.8) is 0 Å². The van der Waals surface area contributed by atoms with Gasteiger partial charge in [-0.1, -0.05) is 11.6 Å². The van der Waals surface area contributed by atoms with E-state index in [1.54, 1.807) is 0 Å². The van der Waals surface area contributed by atoms with Gasteiger partial charge in [0.25, 0.3) is 0 Å². The fourth-order valence-corrected chi connectivity index (χ4v) is 3.14. The Morgan fingerprint density at radius 1 is 1.28 bits per heavy atom. The van der Waals surface area contributed by atoms with Gasteiger partial charge in [0.15, 0.2) is 0 Å². The van der Waals surface area contributed by atoms with Gasteiger partial charge in [0, 0.05) is 42.0 Å². The zero-order valence-electron chi connectivity index (χ0n) is 10.4. The van der Waals surface area contributed by atoms with E-state index in [1.807, 2.05) is 12.1 Å². The van der Waals surface area contributed by atoms with E-state index in [4.69, 9.17) is 11.6 Å². The van der Waals surface area contributed by atoms with Crippen LogP contribution in [0.25, 0.3) is 10.9 Å². The van der Waals surface area contributed by atoms with Gasteiger partial charge in [-0.05, 0) is 42.5 Å². The van der Waals surface area contributed by atoms with E-state index in [9.17, 15) is 4.79 Å². The molecule has 1 fully saturated rings. The first-order valence-corrected chi connectivity index (χ1v) is 6.79. The second-order valence-electron chi connectivity index (χ2n) is 5.17. The van der Waals surface area contributed by atoms with Crippen LogP contribution in [0.3, 0.4) is 0 Å². The maximum absolute atomic E-state index is 11.3. The number of Topliss-reactive ketones (excluding diaryl/α,β-unsaturated/α-hetero) is 1. The SMILES string of the molecule is Cn1cc(C2CCC(=O)CC2)c2cc(Cl)ccc21. The summed E-state index contributed by atoms with van der Waals surface area (Å²) in [4.78, 5) is 11.3. The first-order valence-electron chi connectivity index (χ1n) is 6.41. The van der Waals surface area contributed by atoms with Crippen molar-refractivity contribution in [1.29, 1.82) is 0 Å². The molecule has 0 bridgehead atoms. The molecule has 1 saturated carbocycles. The predicted molar refractivity (Wildman–Crippen MR) is 74.1 cm³/mol. The van der Waals surface area contributed by atoms with Crippen LogP contribution >= 0.6 is 11.6 Å². The Bertz CT molecular complexity index is 604. The molecule has 0 unspecified atom stereocenters. The molecule has 0 amide bonds. The number of nitrogens with zero attached hydrogens (tertiary/aromatic N) is 1. The van der Waals surface area contributed by atoms with Crippen molar-refractivity contribution >= 4 is 28.3 Å². The van der Waals surface area contributed by atoms with Gasteiger partial charge >= 0.3 is 0 Å². The summed E-state index contributed by atoms with van der Waals surface area (Å²) >= 11 is 6.10. The van der Waals surface area contributed by atoms with Crippen molar-refractivity contribution in [2.75, 3.05) is 0 Å². The number of aryl methyl sites for hydroxylation is 1. The topological polar surface area (TPSA) is 22.0 Å². The summed E-state index contributed by atoms with van der Waals surface area (Å²) < 4.78 is 2.15. The van der Waals surface area contributed by atoms with E-state index in [0.717, 1.165) is 30.7 Å². The Balaban J connectivity index is 2.06. The molecule has 1 aromatic carbocycles. The molecule has 3 rings (SSSR count). The molecule has 3 heteroatoms. The monoisotopic (exact) mass is 261 g/mol. The highest BCUT2D eigenvalue weighted by Gasteiger charge is 2.23. The summed E-state index contributed by atoms with van der Waals surface area (Å²) in [7, 11) is 2.06. The summed E-state index contributed by atoms with van der Waals surface area (Å²) in [6, 6.07) is 6.04. The summed E-state index contributed by atoms with van der Waals surface area (Å²) in [6.07, 6.45) is 5.60. The van der Waals surface area contributed by atoms with E-state index in [0.29, 0.717) is 11.7 Å². The smallest absolute Gasteiger partial charge is 0.132 e. The van der Waals surface area contributed by atoms with Crippen molar-refractivity contribution in [1.82, 2.24) is 4.57 Å². The van der Waals surface area contributed by atoms with E-state index >= 15 is 0 Å². The van der Waals surface area contributed by atoms with Crippen LogP contribution < -0.4 is 0 Å². The Kier molecular flexibility index (Phi) is 2.90. The largest absolute Gasteiger partial charge is 0.350 e. The van der Waals surface area contributed by atoms with Crippen LogP contribution in [0.2, 0.25) is 5.02 Å². The number of ketones is 1. The third kappa shape index (κ3) is 1.95. The first kappa shape index (κ1) is 11.8. The Labute approximate surface area is 112 Å². The second-order valence-corrected chi connectivity index (χ2v) is 5.61. The fourth-order valence-electron chi connectivity index (χ4n) is 2.97. The van der Waals surface area contributed by atoms with Gasteiger partial charge in [-0.3, -0.25) is 4.79 Å². The number of fused-ring (bicyclic) bond motifs is 1. The Hall–Kier alpha value is -1.28. The number of rotatable bonds is 1. The lowest BCUT2D eigenvalue weighted by atomic mass is 9.83. The number of halogens is 1. The molecule has 1 heterocycles. The molecule has 0 radical (unpaired) electrons. The van der Waals surface area contributed by atoms with E-state index in [-0.39, 0.29) is 0 Å². The van der Waals surface area contributed by atoms with Gasteiger partial charge in [-0.25, -0.2) is 0 Å². The number of aromatic nitrogens is 1. The molecular formula is C15H16ClNO. The van der Waals surface area contributed by atoms with Crippen LogP contribution in [0, 0.1) is 0 Å². The molecular weight excluding hydrogens is 246 g/mol. The van der Waals surface area contributed by atoms with Crippen LogP contribution in [-0.4, -0.2) is 10.4 Å². The normalized spacial score (nSPS) is 17.6. The Morgan fingerprint density at radius 2 is 2.00 bits per heavy atom. The van der Waals surface area contributed by atoms with Gasteiger partial charge in [-0.15, -0.1) is 0 Å². The molecule has 0 atom stereocenters. The van der Waals surface area contributed by atoms with Crippen LogP contribution in [0.15, 0.2) is 24.4 Å². The van der Waals surface area contributed by atoms with Crippen LogP contribution in [0.5, 0.6) is 0 Å². The molecule has 0 saturated heterocycles. The van der Waals surface area contributed by atoms with Crippen LogP contribution in [0.1, 0.15) is 37.2 Å². The van der Waals surface area contributed by atoms with E-state index in [1.165, 1.54) is 16.5 Å². The highest BCUT2D eigenvalue weighted by molar-refractivity contribution is 6.31. The summed E-state index contributed by atoms with van der Waals surface area (Å²) in [5.41, 5.74) is 2.56. The van der Waals surface area contributed by atoms with Crippen molar-refractivity contribution in [2.45, 2.75) is 31.6 Å². The lowest BCUT2D eigenvalue weighted by molar-refractivity contribution is -0.120. The quantitative estimate of drug-likeness (QED) is 0.759. The standard InChI is InChI=1S/C15H16ClNO/c1-17-9-14(10-2-5-12(18)6-3-10)13-8-11(16)4-7-15(13)17/h4,7-10H,2-3,5-6H2,1H3. The zero-order chi connectivity index (χ0) is 12.7. The van der Waals surface area contributed by atoms with Gasteiger partial charge in [0.1, 0.15) is 5.78 Å². The average molecular weight is 262 g/mol. The number of benzene rings is 1. The van der Waals surface area contributed by atoms with Gasteiger partial charge in [-0.2, -0.15) is 0 Å². The molecule has 1 aliphatic carbocycles. The average Bonchev–Trinajstić information content (AvgIpc) is 2.67. The van der Waals surface area contributed by atoms with Crippen molar-refractivity contribution in [2.24, 2.45) is 7.05 Å². The van der Waals surface area contributed by atoms with E-state index in [2.05, 4.69) is 23.9 Å². The maximum Gasteiger partial charge on any atom is 0.132 e. The molecule has 2 aromatic rings. The lowest BCUT2D eigenvalue weighted by Gasteiger charge is -2.20. The molecule has 18 heavy (non-hydrogen) atoms. The third-order valence-corrected chi connectivity index (χ3v) is 4.20. The highest BCUT2D eigenvalue weighted by atomic mass is 35.5. The maximum atomic E-state index is 11.3. The number of carbonyl (C=O) groups excluding carboxylic acids is 1. The number of hydrogen-bond donors (Lipinski definition) is 0. The minimum atomic E-state index is 0.407. The van der Waals surface area contributed by atoms with Crippen LogP contribution in [0.4, 0.5) is 0 Å². The second kappa shape index (κ2) is 4.43. The fraction of sp³-hybridized carbons (Fsp3) is 0.400. The molecule has 0 spiro atoms. The number of hydrogen-bond acceptors (Lipinski definition) is 1. The number of carbonyl (C=O) groups is 1.